The monoisotopic (exact) mass is 365 g/mol. The molecule has 0 radical (unpaired) electrons. The highest BCUT2D eigenvalue weighted by atomic mass is 79.9. The van der Waals surface area contributed by atoms with Crippen molar-refractivity contribution in [3.8, 4) is 0 Å². The highest BCUT2D eigenvalue weighted by Gasteiger charge is 2.18. The summed E-state index contributed by atoms with van der Waals surface area (Å²) in [7, 11) is 0. The number of thiazole rings is 1. The van der Waals surface area contributed by atoms with Crippen LogP contribution in [0.25, 0.3) is 10.2 Å². The fourth-order valence-electron chi connectivity index (χ4n) is 2.23. The van der Waals surface area contributed by atoms with E-state index < -0.39 is 0 Å². The Kier molecular flexibility index (Phi) is 4.30. The van der Waals surface area contributed by atoms with Gasteiger partial charge in [0.2, 0.25) is 0 Å². The molecule has 0 saturated carbocycles. The van der Waals surface area contributed by atoms with Crippen molar-refractivity contribution in [3.05, 3.63) is 63.3 Å². The number of nitrogens with two attached hydrogens (primary N) is 1. The lowest BCUT2D eigenvalue weighted by atomic mass is 10.0. The molecule has 3 N–H and O–H groups in total. The van der Waals surface area contributed by atoms with Crippen LogP contribution in [0, 0.1) is 5.82 Å². The molecule has 108 valence electrons. The van der Waals surface area contributed by atoms with E-state index in [9.17, 15) is 4.39 Å². The van der Waals surface area contributed by atoms with E-state index in [4.69, 9.17) is 5.84 Å². The SMILES string of the molecule is NNC(Cc1nc2ccccc2s1)c1cccc(Br)c1F. The van der Waals surface area contributed by atoms with E-state index in [0.29, 0.717) is 16.5 Å². The molecule has 2 aromatic carbocycles. The van der Waals surface area contributed by atoms with Gasteiger partial charge in [-0.25, -0.2) is 9.37 Å². The highest BCUT2D eigenvalue weighted by molar-refractivity contribution is 9.10. The summed E-state index contributed by atoms with van der Waals surface area (Å²) < 4.78 is 15.7. The Bertz CT molecular complexity index is 741. The zero-order chi connectivity index (χ0) is 14.8. The minimum atomic E-state index is -0.317. The number of hydrogen-bond acceptors (Lipinski definition) is 4. The molecule has 1 aromatic heterocycles. The zero-order valence-electron chi connectivity index (χ0n) is 11.0. The number of benzene rings is 2. The zero-order valence-corrected chi connectivity index (χ0v) is 13.4. The maximum atomic E-state index is 14.2. The first-order chi connectivity index (χ1) is 10.2. The van der Waals surface area contributed by atoms with Gasteiger partial charge >= 0.3 is 0 Å². The van der Waals surface area contributed by atoms with E-state index in [-0.39, 0.29) is 11.9 Å². The van der Waals surface area contributed by atoms with Gasteiger partial charge in [0.05, 0.1) is 25.7 Å². The summed E-state index contributed by atoms with van der Waals surface area (Å²) in [5.41, 5.74) is 4.18. The lowest BCUT2D eigenvalue weighted by Crippen LogP contribution is -2.30. The number of nitrogens with one attached hydrogen (secondary N) is 1. The molecule has 0 fully saturated rings. The third-order valence-electron chi connectivity index (χ3n) is 3.27. The number of hydrogen-bond donors (Lipinski definition) is 2. The predicted octanol–water partition coefficient (Wildman–Crippen LogP) is 3.95. The van der Waals surface area contributed by atoms with Gasteiger partial charge in [0.1, 0.15) is 5.82 Å². The van der Waals surface area contributed by atoms with Crippen LogP contribution in [-0.4, -0.2) is 4.98 Å². The van der Waals surface area contributed by atoms with E-state index in [1.54, 1.807) is 29.5 Å². The molecule has 0 bridgehead atoms. The molecule has 1 heterocycles. The Morgan fingerprint density at radius 2 is 2.05 bits per heavy atom. The van der Waals surface area contributed by atoms with Crippen molar-refractivity contribution in [1.82, 2.24) is 10.4 Å². The standard InChI is InChI=1S/C15H13BrFN3S/c16-10-5-3-4-9(15(10)17)12(20-18)8-14-19-11-6-1-2-7-13(11)21-14/h1-7,12,20H,8,18H2. The second-order valence-corrected chi connectivity index (χ2v) is 6.61. The molecule has 3 aromatic rings. The van der Waals surface area contributed by atoms with Crippen molar-refractivity contribution >= 4 is 37.5 Å². The quantitative estimate of drug-likeness (QED) is 0.543. The summed E-state index contributed by atoms with van der Waals surface area (Å²) >= 11 is 4.81. The van der Waals surface area contributed by atoms with Crippen molar-refractivity contribution in [2.24, 2.45) is 5.84 Å². The van der Waals surface area contributed by atoms with E-state index >= 15 is 0 Å². The highest BCUT2D eigenvalue weighted by Crippen LogP contribution is 2.29. The van der Waals surface area contributed by atoms with Crippen LogP contribution in [0.4, 0.5) is 4.39 Å². The first kappa shape index (κ1) is 14.6. The number of fused-ring (bicyclic) bond motifs is 1. The van der Waals surface area contributed by atoms with Gasteiger partial charge in [-0.15, -0.1) is 11.3 Å². The first-order valence-electron chi connectivity index (χ1n) is 6.43. The molecule has 0 saturated heterocycles. The average Bonchev–Trinajstić information content (AvgIpc) is 2.90. The summed E-state index contributed by atoms with van der Waals surface area (Å²) in [6.07, 6.45) is 0.545. The Hall–Kier alpha value is -1.34. The van der Waals surface area contributed by atoms with Crippen molar-refractivity contribution in [2.45, 2.75) is 12.5 Å². The van der Waals surface area contributed by atoms with Gasteiger partial charge in [0, 0.05) is 12.0 Å². The smallest absolute Gasteiger partial charge is 0.142 e. The molecule has 0 aliphatic rings. The van der Waals surface area contributed by atoms with Gasteiger partial charge in [-0.1, -0.05) is 24.3 Å². The lowest BCUT2D eigenvalue weighted by Gasteiger charge is -2.16. The molecule has 21 heavy (non-hydrogen) atoms. The van der Waals surface area contributed by atoms with E-state index in [0.717, 1.165) is 15.2 Å². The molecule has 3 nitrogen and oxygen atoms in total. The molecule has 3 rings (SSSR count). The second-order valence-electron chi connectivity index (χ2n) is 4.64. The van der Waals surface area contributed by atoms with Crippen LogP contribution in [0.1, 0.15) is 16.6 Å². The number of para-hydroxylation sites is 1. The minimum Gasteiger partial charge on any atom is -0.271 e. The lowest BCUT2D eigenvalue weighted by molar-refractivity contribution is 0.507. The average molecular weight is 366 g/mol. The van der Waals surface area contributed by atoms with Crippen molar-refractivity contribution in [3.63, 3.8) is 0 Å². The Morgan fingerprint density at radius 1 is 1.24 bits per heavy atom. The predicted molar refractivity (Wildman–Crippen MR) is 87.5 cm³/mol. The van der Waals surface area contributed by atoms with Crippen LogP contribution in [0.5, 0.6) is 0 Å². The number of aromatic nitrogens is 1. The van der Waals surface area contributed by atoms with E-state index in [1.165, 1.54) is 0 Å². The molecule has 0 aliphatic carbocycles. The van der Waals surface area contributed by atoms with E-state index in [2.05, 4.69) is 26.3 Å². The fraction of sp³-hybridized carbons (Fsp3) is 0.133. The summed E-state index contributed by atoms with van der Waals surface area (Å²) in [6.45, 7) is 0. The molecule has 6 heteroatoms. The van der Waals surface area contributed by atoms with Crippen LogP contribution >= 0.6 is 27.3 Å². The maximum absolute atomic E-state index is 14.2. The molecule has 1 atom stereocenters. The van der Waals surface area contributed by atoms with Gasteiger partial charge in [0.15, 0.2) is 0 Å². The van der Waals surface area contributed by atoms with Crippen LogP contribution in [-0.2, 0) is 6.42 Å². The second kappa shape index (κ2) is 6.19. The number of rotatable bonds is 4. The van der Waals surface area contributed by atoms with Crippen LogP contribution in [0.2, 0.25) is 0 Å². The van der Waals surface area contributed by atoms with Gasteiger partial charge in [-0.2, -0.15) is 0 Å². The van der Waals surface area contributed by atoms with Gasteiger partial charge in [-0.05, 0) is 34.1 Å². The first-order valence-corrected chi connectivity index (χ1v) is 8.04. The Morgan fingerprint density at radius 3 is 2.81 bits per heavy atom. The summed E-state index contributed by atoms with van der Waals surface area (Å²) in [6, 6.07) is 12.8. The largest absolute Gasteiger partial charge is 0.271 e. The topological polar surface area (TPSA) is 50.9 Å². The van der Waals surface area contributed by atoms with Crippen molar-refractivity contribution in [1.29, 1.82) is 0 Å². The Balaban J connectivity index is 1.92. The van der Waals surface area contributed by atoms with Crippen LogP contribution in [0.15, 0.2) is 46.9 Å². The maximum Gasteiger partial charge on any atom is 0.142 e. The molecule has 0 aliphatic heterocycles. The molecule has 0 amide bonds. The van der Waals surface area contributed by atoms with Crippen molar-refractivity contribution < 1.29 is 4.39 Å². The molecule has 1 unspecified atom stereocenters. The third-order valence-corrected chi connectivity index (χ3v) is 4.95. The number of hydrazine groups is 1. The van der Waals surface area contributed by atoms with Crippen LogP contribution in [0.3, 0.4) is 0 Å². The third kappa shape index (κ3) is 2.98. The summed E-state index contributed by atoms with van der Waals surface area (Å²) in [4.78, 5) is 4.57. The Labute approximate surface area is 134 Å². The van der Waals surface area contributed by atoms with E-state index in [1.807, 2.05) is 24.3 Å². The minimum absolute atomic E-state index is 0.290. The normalized spacial score (nSPS) is 12.7. The molecular weight excluding hydrogens is 353 g/mol. The molecule has 0 spiro atoms. The van der Waals surface area contributed by atoms with Gasteiger partial charge in [-0.3, -0.25) is 11.3 Å². The number of halogens is 2. The van der Waals surface area contributed by atoms with Crippen LogP contribution < -0.4 is 11.3 Å². The molecular formula is C15H13BrFN3S. The van der Waals surface area contributed by atoms with Gasteiger partial charge in [0.25, 0.3) is 0 Å². The van der Waals surface area contributed by atoms with Crippen molar-refractivity contribution in [2.75, 3.05) is 0 Å². The summed E-state index contributed by atoms with van der Waals surface area (Å²) in [5.74, 6) is 5.32. The fourth-order valence-corrected chi connectivity index (χ4v) is 3.62. The number of nitrogens with zero attached hydrogens (tertiary/aromatic N) is 1. The summed E-state index contributed by atoms with van der Waals surface area (Å²) in [5, 5.41) is 0.929. The van der Waals surface area contributed by atoms with Gasteiger partial charge < -0.3 is 0 Å².